The van der Waals surface area contributed by atoms with Gasteiger partial charge in [-0.3, -0.25) is 10.2 Å². The van der Waals surface area contributed by atoms with E-state index in [2.05, 4.69) is 69.7 Å². The fourth-order valence-corrected chi connectivity index (χ4v) is 6.10. The fourth-order valence-electron chi connectivity index (χ4n) is 5.91. The molecule has 2 saturated heterocycles. The van der Waals surface area contributed by atoms with Crippen LogP contribution in [0.3, 0.4) is 0 Å². The standard InChI is InChI=1S/C25H26ClN3/c26-20-7-3-8-21(15-20)29-17-27-16-25(29)10-12-28(13-11-25)23-14-19-6-1-4-18-5-2-9-22(23)24(18)19/h1-9,15,23,27H,10-14,16-17H2. The molecule has 1 unspecified atom stereocenters. The monoisotopic (exact) mass is 403 g/mol. The molecule has 1 spiro atoms. The second-order valence-electron chi connectivity index (χ2n) is 8.84. The van der Waals surface area contributed by atoms with E-state index in [-0.39, 0.29) is 5.54 Å². The molecular formula is C25H26ClN3. The summed E-state index contributed by atoms with van der Waals surface area (Å²) in [6.07, 6.45) is 3.53. The molecule has 0 aromatic heterocycles. The highest BCUT2D eigenvalue weighted by molar-refractivity contribution is 6.30. The maximum absolute atomic E-state index is 6.29. The number of rotatable bonds is 2. The summed E-state index contributed by atoms with van der Waals surface area (Å²) >= 11 is 6.29. The number of halogens is 1. The summed E-state index contributed by atoms with van der Waals surface area (Å²) in [5.74, 6) is 0. The molecule has 29 heavy (non-hydrogen) atoms. The van der Waals surface area contributed by atoms with Crippen molar-refractivity contribution < 1.29 is 0 Å². The van der Waals surface area contributed by atoms with E-state index in [1.165, 1.54) is 40.4 Å². The van der Waals surface area contributed by atoms with Gasteiger partial charge in [0.2, 0.25) is 0 Å². The number of nitrogens with zero attached hydrogens (tertiary/aromatic N) is 2. The molecule has 2 heterocycles. The predicted molar refractivity (Wildman–Crippen MR) is 121 cm³/mol. The maximum atomic E-state index is 6.29. The lowest BCUT2D eigenvalue weighted by atomic mass is 9.85. The molecule has 2 fully saturated rings. The minimum Gasteiger partial charge on any atom is -0.352 e. The summed E-state index contributed by atoms with van der Waals surface area (Å²) in [6, 6.07) is 22.5. The first-order chi connectivity index (χ1) is 14.2. The van der Waals surface area contributed by atoms with Gasteiger partial charge in [-0.1, -0.05) is 54.1 Å². The Morgan fingerprint density at radius 2 is 1.76 bits per heavy atom. The van der Waals surface area contributed by atoms with Crippen molar-refractivity contribution in [3.05, 3.63) is 76.8 Å². The SMILES string of the molecule is Clc1cccc(N2CNCC23CCN(C2Cc4cccc5cccc2c45)CC3)c1. The minimum atomic E-state index is 0.207. The second-order valence-corrected chi connectivity index (χ2v) is 9.27. The van der Waals surface area contributed by atoms with Crippen molar-refractivity contribution in [3.63, 3.8) is 0 Å². The maximum Gasteiger partial charge on any atom is 0.0689 e. The van der Waals surface area contributed by atoms with Gasteiger partial charge in [-0.15, -0.1) is 0 Å². The third-order valence-electron chi connectivity index (χ3n) is 7.38. The Hall–Kier alpha value is -2.07. The second kappa shape index (κ2) is 6.73. The predicted octanol–water partition coefficient (Wildman–Crippen LogP) is 4.99. The first kappa shape index (κ1) is 17.8. The highest BCUT2D eigenvalue weighted by Crippen LogP contribution is 2.43. The number of hydrogen-bond donors (Lipinski definition) is 1. The molecule has 1 aliphatic carbocycles. The number of hydrogen-bond acceptors (Lipinski definition) is 3. The van der Waals surface area contributed by atoms with Gasteiger partial charge in [-0.05, 0) is 59.4 Å². The van der Waals surface area contributed by atoms with Crippen molar-refractivity contribution in [2.45, 2.75) is 30.8 Å². The number of nitrogens with one attached hydrogen (secondary N) is 1. The number of likely N-dealkylation sites (tertiary alicyclic amines) is 1. The first-order valence-corrected chi connectivity index (χ1v) is 11.1. The minimum absolute atomic E-state index is 0.207. The molecule has 0 radical (unpaired) electrons. The summed E-state index contributed by atoms with van der Waals surface area (Å²) in [7, 11) is 0. The Kier molecular flexibility index (Phi) is 4.12. The van der Waals surface area contributed by atoms with Gasteiger partial charge in [0.05, 0.1) is 12.2 Å². The molecule has 0 bridgehead atoms. The van der Waals surface area contributed by atoms with E-state index >= 15 is 0 Å². The molecule has 6 rings (SSSR count). The molecule has 2 aliphatic heterocycles. The molecule has 3 aliphatic rings. The van der Waals surface area contributed by atoms with E-state index in [4.69, 9.17) is 11.6 Å². The van der Waals surface area contributed by atoms with Crippen molar-refractivity contribution >= 4 is 28.1 Å². The molecule has 4 heteroatoms. The summed E-state index contributed by atoms with van der Waals surface area (Å²) < 4.78 is 0. The number of anilines is 1. The molecule has 148 valence electrons. The highest BCUT2D eigenvalue weighted by atomic mass is 35.5. The van der Waals surface area contributed by atoms with E-state index in [1.807, 2.05) is 6.07 Å². The van der Waals surface area contributed by atoms with Gasteiger partial charge in [0.15, 0.2) is 0 Å². The average Bonchev–Trinajstić information content (AvgIpc) is 3.33. The smallest absolute Gasteiger partial charge is 0.0689 e. The van der Waals surface area contributed by atoms with Crippen LogP contribution in [-0.2, 0) is 6.42 Å². The van der Waals surface area contributed by atoms with E-state index < -0.39 is 0 Å². The Balaban J connectivity index is 1.25. The summed E-state index contributed by atoms with van der Waals surface area (Å²) in [5.41, 5.74) is 4.50. The summed E-state index contributed by atoms with van der Waals surface area (Å²) in [6.45, 7) is 4.27. The van der Waals surface area contributed by atoms with Gasteiger partial charge >= 0.3 is 0 Å². The van der Waals surface area contributed by atoms with Crippen LogP contribution in [0.2, 0.25) is 5.02 Å². The van der Waals surface area contributed by atoms with Gasteiger partial charge in [-0.25, -0.2) is 0 Å². The molecule has 1 atom stereocenters. The van der Waals surface area contributed by atoms with Crippen molar-refractivity contribution in [2.75, 3.05) is 31.2 Å². The Bertz CT molecular complexity index is 1070. The van der Waals surface area contributed by atoms with E-state index in [9.17, 15) is 0 Å². The lowest BCUT2D eigenvalue weighted by Gasteiger charge is -2.47. The third-order valence-corrected chi connectivity index (χ3v) is 7.62. The number of piperidine rings is 1. The van der Waals surface area contributed by atoms with Crippen LogP contribution < -0.4 is 10.2 Å². The molecule has 0 amide bonds. The fraction of sp³-hybridized carbons (Fsp3) is 0.360. The van der Waals surface area contributed by atoms with Crippen molar-refractivity contribution in [1.29, 1.82) is 0 Å². The van der Waals surface area contributed by atoms with Gasteiger partial charge in [-0.2, -0.15) is 0 Å². The largest absolute Gasteiger partial charge is 0.352 e. The van der Waals surface area contributed by atoms with Crippen LogP contribution >= 0.6 is 11.6 Å². The summed E-state index contributed by atoms with van der Waals surface area (Å²) in [5, 5.41) is 7.34. The molecule has 3 aromatic carbocycles. The lowest BCUT2D eigenvalue weighted by molar-refractivity contribution is 0.124. The molecule has 1 N–H and O–H groups in total. The third kappa shape index (κ3) is 2.79. The van der Waals surface area contributed by atoms with Crippen LogP contribution in [0, 0.1) is 0 Å². The van der Waals surface area contributed by atoms with Crippen LogP contribution in [0.5, 0.6) is 0 Å². The zero-order chi connectivity index (χ0) is 19.4. The van der Waals surface area contributed by atoms with Crippen LogP contribution in [0.1, 0.15) is 30.0 Å². The van der Waals surface area contributed by atoms with Gasteiger partial charge < -0.3 is 4.90 Å². The zero-order valence-electron chi connectivity index (χ0n) is 16.6. The Morgan fingerprint density at radius 1 is 0.966 bits per heavy atom. The van der Waals surface area contributed by atoms with Crippen LogP contribution in [0.15, 0.2) is 60.7 Å². The van der Waals surface area contributed by atoms with Gasteiger partial charge in [0.25, 0.3) is 0 Å². The van der Waals surface area contributed by atoms with Crippen LogP contribution in [0.4, 0.5) is 5.69 Å². The van der Waals surface area contributed by atoms with Crippen LogP contribution in [-0.4, -0.2) is 36.7 Å². The van der Waals surface area contributed by atoms with Gasteiger partial charge in [0, 0.05) is 36.4 Å². The van der Waals surface area contributed by atoms with Crippen molar-refractivity contribution in [3.8, 4) is 0 Å². The first-order valence-electron chi connectivity index (χ1n) is 10.7. The number of benzene rings is 3. The molecule has 0 saturated carbocycles. The quantitative estimate of drug-likeness (QED) is 0.650. The topological polar surface area (TPSA) is 18.5 Å². The molecule has 3 nitrogen and oxygen atoms in total. The van der Waals surface area contributed by atoms with E-state index in [0.717, 1.165) is 37.7 Å². The normalized spacial score (nSPS) is 23.3. The molecule has 3 aromatic rings. The zero-order valence-corrected chi connectivity index (χ0v) is 17.3. The Labute approximate surface area is 177 Å². The highest BCUT2D eigenvalue weighted by Gasteiger charge is 2.45. The van der Waals surface area contributed by atoms with E-state index in [0.29, 0.717) is 6.04 Å². The van der Waals surface area contributed by atoms with Gasteiger partial charge in [0.1, 0.15) is 0 Å². The van der Waals surface area contributed by atoms with Crippen LogP contribution in [0.25, 0.3) is 10.8 Å². The average molecular weight is 404 g/mol. The van der Waals surface area contributed by atoms with Crippen molar-refractivity contribution in [1.82, 2.24) is 10.2 Å². The Morgan fingerprint density at radius 3 is 2.59 bits per heavy atom. The molecular weight excluding hydrogens is 378 g/mol. The van der Waals surface area contributed by atoms with Crippen molar-refractivity contribution in [2.24, 2.45) is 0 Å². The summed E-state index contributed by atoms with van der Waals surface area (Å²) in [4.78, 5) is 5.29. The lowest BCUT2D eigenvalue weighted by Crippen LogP contribution is -2.54. The van der Waals surface area contributed by atoms with E-state index in [1.54, 1.807) is 0 Å².